The van der Waals surface area contributed by atoms with Crippen molar-refractivity contribution in [3.8, 4) is 5.75 Å². The number of benzene rings is 1. The summed E-state index contributed by atoms with van der Waals surface area (Å²) in [5, 5.41) is 10.8. The number of nitro groups is 1. The lowest BCUT2D eigenvalue weighted by Gasteiger charge is -2.26. The number of piperidine rings is 1. The summed E-state index contributed by atoms with van der Waals surface area (Å²) in [6, 6.07) is 4.55. The summed E-state index contributed by atoms with van der Waals surface area (Å²) in [5.74, 6) is 0.498. The quantitative estimate of drug-likeness (QED) is 0.500. The van der Waals surface area contributed by atoms with E-state index in [4.69, 9.17) is 10.5 Å². The Bertz CT molecular complexity index is 445. The Kier molecular flexibility index (Phi) is 4.57. The van der Waals surface area contributed by atoms with Crippen molar-refractivity contribution in [1.82, 2.24) is 4.90 Å². The molecular weight excluding hydrogens is 246 g/mol. The van der Waals surface area contributed by atoms with Crippen LogP contribution in [0.5, 0.6) is 5.75 Å². The summed E-state index contributed by atoms with van der Waals surface area (Å²) in [6.07, 6.45) is 3.79. The second kappa shape index (κ2) is 6.38. The van der Waals surface area contributed by atoms with Gasteiger partial charge >= 0.3 is 0 Å². The predicted octanol–water partition coefficient (Wildman–Crippen LogP) is 2.04. The van der Waals surface area contributed by atoms with E-state index in [-0.39, 0.29) is 11.4 Å². The first kappa shape index (κ1) is 13.6. The van der Waals surface area contributed by atoms with Crippen LogP contribution in [-0.4, -0.2) is 36.1 Å². The van der Waals surface area contributed by atoms with Crippen LogP contribution in [0, 0.1) is 10.1 Å². The minimum Gasteiger partial charge on any atom is -0.492 e. The van der Waals surface area contributed by atoms with Gasteiger partial charge in [0.1, 0.15) is 18.0 Å². The van der Waals surface area contributed by atoms with Crippen LogP contribution in [0.15, 0.2) is 18.2 Å². The molecule has 2 rings (SSSR count). The fraction of sp³-hybridized carbons (Fsp3) is 0.538. The number of rotatable bonds is 5. The molecular formula is C13H19N3O3. The molecule has 0 saturated carbocycles. The van der Waals surface area contributed by atoms with Gasteiger partial charge in [0.15, 0.2) is 0 Å². The minimum absolute atomic E-state index is 0.101. The normalized spacial score (nSPS) is 16.2. The number of nitro benzene ring substituents is 1. The molecule has 1 fully saturated rings. The van der Waals surface area contributed by atoms with Crippen LogP contribution in [0.4, 0.5) is 11.4 Å². The van der Waals surface area contributed by atoms with E-state index in [0.29, 0.717) is 12.4 Å². The van der Waals surface area contributed by atoms with Crippen molar-refractivity contribution >= 4 is 11.4 Å². The largest absolute Gasteiger partial charge is 0.492 e. The van der Waals surface area contributed by atoms with Gasteiger partial charge in [-0.2, -0.15) is 0 Å². The maximum atomic E-state index is 10.8. The van der Waals surface area contributed by atoms with Gasteiger partial charge in [-0.3, -0.25) is 15.0 Å². The van der Waals surface area contributed by atoms with Gasteiger partial charge < -0.3 is 10.5 Å². The number of hydrogen-bond acceptors (Lipinski definition) is 5. The number of anilines is 1. The summed E-state index contributed by atoms with van der Waals surface area (Å²) in [6.45, 7) is 3.63. The zero-order valence-corrected chi connectivity index (χ0v) is 10.9. The molecule has 6 nitrogen and oxygen atoms in total. The van der Waals surface area contributed by atoms with Gasteiger partial charge in [-0.1, -0.05) is 6.42 Å². The molecule has 1 saturated heterocycles. The SMILES string of the molecule is Nc1ccc(OCCN2CCCCC2)cc1[N+](=O)[O-]. The molecule has 104 valence electrons. The Balaban J connectivity index is 1.85. The highest BCUT2D eigenvalue weighted by Crippen LogP contribution is 2.26. The average molecular weight is 265 g/mol. The van der Waals surface area contributed by atoms with Crippen molar-refractivity contribution in [2.45, 2.75) is 19.3 Å². The zero-order valence-electron chi connectivity index (χ0n) is 10.9. The van der Waals surface area contributed by atoms with Gasteiger partial charge in [-0.05, 0) is 38.1 Å². The molecule has 0 bridgehead atoms. The topological polar surface area (TPSA) is 81.6 Å². The molecule has 6 heteroatoms. The first-order chi connectivity index (χ1) is 9.16. The van der Waals surface area contributed by atoms with E-state index >= 15 is 0 Å². The number of likely N-dealkylation sites (tertiary alicyclic amines) is 1. The molecule has 0 aromatic heterocycles. The molecule has 0 radical (unpaired) electrons. The van der Waals surface area contributed by atoms with Crippen LogP contribution < -0.4 is 10.5 Å². The predicted molar refractivity (Wildman–Crippen MR) is 73.3 cm³/mol. The summed E-state index contributed by atoms with van der Waals surface area (Å²) in [5.41, 5.74) is 5.59. The van der Waals surface area contributed by atoms with Gasteiger partial charge in [0.25, 0.3) is 5.69 Å². The highest BCUT2D eigenvalue weighted by Gasteiger charge is 2.13. The van der Waals surface area contributed by atoms with Gasteiger partial charge in [0, 0.05) is 6.54 Å². The monoisotopic (exact) mass is 265 g/mol. The third kappa shape index (κ3) is 3.82. The number of nitrogens with zero attached hydrogens (tertiary/aromatic N) is 2. The van der Waals surface area contributed by atoms with Crippen LogP contribution in [0.2, 0.25) is 0 Å². The number of nitrogen functional groups attached to an aromatic ring is 1. The molecule has 1 aromatic carbocycles. The van der Waals surface area contributed by atoms with E-state index in [9.17, 15) is 10.1 Å². The smallest absolute Gasteiger partial charge is 0.295 e. The molecule has 19 heavy (non-hydrogen) atoms. The van der Waals surface area contributed by atoms with Crippen molar-refractivity contribution in [3.05, 3.63) is 28.3 Å². The zero-order chi connectivity index (χ0) is 13.7. The van der Waals surface area contributed by atoms with Crippen LogP contribution in [0.25, 0.3) is 0 Å². The highest BCUT2D eigenvalue weighted by molar-refractivity contribution is 5.60. The molecule has 1 aliphatic heterocycles. The number of nitrogens with two attached hydrogens (primary N) is 1. The molecule has 1 aliphatic rings. The molecule has 1 aromatic rings. The van der Waals surface area contributed by atoms with Crippen molar-refractivity contribution in [2.24, 2.45) is 0 Å². The van der Waals surface area contributed by atoms with Gasteiger partial charge in [0.05, 0.1) is 11.0 Å². The van der Waals surface area contributed by atoms with E-state index in [1.807, 2.05) is 0 Å². The first-order valence-corrected chi connectivity index (χ1v) is 6.56. The van der Waals surface area contributed by atoms with Gasteiger partial charge in [0.2, 0.25) is 0 Å². The molecule has 0 atom stereocenters. The van der Waals surface area contributed by atoms with E-state index in [1.165, 1.54) is 31.4 Å². The lowest BCUT2D eigenvalue weighted by molar-refractivity contribution is -0.384. The first-order valence-electron chi connectivity index (χ1n) is 6.56. The molecule has 1 heterocycles. The summed E-state index contributed by atoms with van der Waals surface area (Å²) in [7, 11) is 0. The number of hydrogen-bond donors (Lipinski definition) is 1. The summed E-state index contributed by atoms with van der Waals surface area (Å²) < 4.78 is 5.55. The summed E-state index contributed by atoms with van der Waals surface area (Å²) in [4.78, 5) is 12.6. The Hall–Kier alpha value is -1.82. The van der Waals surface area contributed by atoms with Crippen molar-refractivity contribution in [3.63, 3.8) is 0 Å². The van der Waals surface area contributed by atoms with Crippen molar-refractivity contribution in [1.29, 1.82) is 0 Å². The maximum Gasteiger partial charge on any atom is 0.295 e. The third-order valence-electron chi connectivity index (χ3n) is 3.32. The Morgan fingerprint density at radius 3 is 2.74 bits per heavy atom. The van der Waals surface area contributed by atoms with E-state index in [2.05, 4.69) is 4.90 Å². The van der Waals surface area contributed by atoms with E-state index < -0.39 is 4.92 Å². The van der Waals surface area contributed by atoms with Crippen LogP contribution in [0.3, 0.4) is 0 Å². The highest BCUT2D eigenvalue weighted by atomic mass is 16.6. The Labute approximate surface area is 112 Å². The molecule has 0 spiro atoms. The van der Waals surface area contributed by atoms with E-state index in [0.717, 1.165) is 19.6 Å². The summed E-state index contributed by atoms with van der Waals surface area (Å²) >= 11 is 0. The minimum atomic E-state index is -0.493. The molecule has 0 aliphatic carbocycles. The fourth-order valence-corrected chi connectivity index (χ4v) is 2.25. The average Bonchev–Trinajstić information content (AvgIpc) is 2.41. The lowest BCUT2D eigenvalue weighted by Crippen LogP contribution is -2.33. The van der Waals surface area contributed by atoms with Gasteiger partial charge in [-0.25, -0.2) is 0 Å². The maximum absolute atomic E-state index is 10.8. The fourth-order valence-electron chi connectivity index (χ4n) is 2.25. The second-order valence-electron chi connectivity index (χ2n) is 4.73. The van der Waals surface area contributed by atoms with E-state index in [1.54, 1.807) is 6.07 Å². The van der Waals surface area contributed by atoms with Crippen LogP contribution >= 0.6 is 0 Å². The van der Waals surface area contributed by atoms with Crippen LogP contribution in [-0.2, 0) is 0 Å². The van der Waals surface area contributed by atoms with Crippen molar-refractivity contribution < 1.29 is 9.66 Å². The Morgan fingerprint density at radius 2 is 2.05 bits per heavy atom. The Morgan fingerprint density at radius 1 is 1.32 bits per heavy atom. The van der Waals surface area contributed by atoms with Crippen molar-refractivity contribution in [2.75, 3.05) is 32.0 Å². The standard InChI is InChI=1S/C13H19N3O3/c14-12-5-4-11(10-13(12)16(17)18)19-9-8-15-6-2-1-3-7-15/h4-5,10H,1-3,6-9,14H2. The molecule has 0 unspecified atom stereocenters. The molecule has 0 amide bonds. The number of ether oxygens (including phenoxy) is 1. The third-order valence-corrected chi connectivity index (χ3v) is 3.32. The molecule has 2 N–H and O–H groups in total. The lowest BCUT2D eigenvalue weighted by atomic mass is 10.1. The van der Waals surface area contributed by atoms with Crippen LogP contribution in [0.1, 0.15) is 19.3 Å². The van der Waals surface area contributed by atoms with Gasteiger partial charge in [-0.15, -0.1) is 0 Å². The second-order valence-corrected chi connectivity index (χ2v) is 4.73.